The van der Waals surface area contributed by atoms with Gasteiger partial charge in [0.15, 0.2) is 5.65 Å². The number of carbonyl (C=O) groups excluding carboxylic acids is 1. The molecule has 28 heavy (non-hydrogen) atoms. The van der Waals surface area contributed by atoms with Gasteiger partial charge in [0.25, 0.3) is 0 Å². The number of fused-ring (bicyclic) bond motifs is 1. The number of nitrogens with one attached hydrogen (secondary N) is 1. The zero-order valence-corrected chi connectivity index (χ0v) is 17.0. The van der Waals surface area contributed by atoms with E-state index in [2.05, 4.69) is 16.0 Å². The van der Waals surface area contributed by atoms with E-state index in [4.69, 9.17) is 14.5 Å². The number of rotatable bonds is 2. The van der Waals surface area contributed by atoms with Gasteiger partial charge in [0.05, 0.1) is 6.61 Å². The van der Waals surface area contributed by atoms with Crippen molar-refractivity contribution in [3.63, 3.8) is 0 Å². The number of pyridine rings is 1. The minimum Gasteiger partial charge on any atom is -0.444 e. The lowest BCUT2D eigenvalue weighted by Crippen LogP contribution is -2.41. The Morgan fingerprint density at radius 1 is 1.25 bits per heavy atom. The van der Waals surface area contributed by atoms with Crippen LogP contribution in [0, 0.1) is 0 Å². The fraction of sp³-hybridized carbons (Fsp3) is 0.667. The van der Waals surface area contributed by atoms with Gasteiger partial charge in [0, 0.05) is 31.8 Å². The molecule has 1 atom stereocenters. The summed E-state index contributed by atoms with van der Waals surface area (Å²) in [5.41, 5.74) is 2.60. The molecule has 0 radical (unpaired) electrons. The zero-order chi connectivity index (χ0) is 19.7. The summed E-state index contributed by atoms with van der Waals surface area (Å²) in [4.78, 5) is 26.9. The number of amides is 1. The predicted octanol–water partition coefficient (Wildman–Crippen LogP) is 3.97. The van der Waals surface area contributed by atoms with E-state index in [1.807, 2.05) is 31.9 Å². The second-order valence-electron chi connectivity index (χ2n) is 8.88. The Bertz CT molecular complexity index is 828. The molecule has 2 aromatic heterocycles. The monoisotopic (exact) mass is 386 g/mol. The van der Waals surface area contributed by atoms with Crippen molar-refractivity contribution in [3.8, 4) is 0 Å². The van der Waals surface area contributed by atoms with Crippen LogP contribution in [0.2, 0.25) is 0 Å². The van der Waals surface area contributed by atoms with E-state index in [-0.39, 0.29) is 6.09 Å². The summed E-state index contributed by atoms with van der Waals surface area (Å²) in [7, 11) is 0. The topological polar surface area (TPSA) is 80.3 Å². The van der Waals surface area contributed by atoms with Crippen molar-refractivity contribution in [1.29, 1.82) is 0 Å². The predicted molar refractivity (Wildman–Crippen MR) is 106 cm³/mol. The number of likely N-dealkylation sites (tertiary alicyclic amines) is 1. The first-order valence-electron chi connectivity index (χ1n) is 10.3. The molecule has 4 rings (SSSR count). The van der Waals surface area contributed by atoms with E-state index in [1.54, 1.807) is 0 Å². The third-order valence-electron chi connectivity index (χ3n) is 5.57. The summed E-state index contributed by atoms with van der Waals surface area (Å²) < 4.78 is 11.1. The Kier molecular flexibility index (Phi) is 5.27. The maximum atomic E-state index is 12.3. The van der Waals surface area contributed by atoms with Crippen LogP contribution >= 0.6 is 0 Å². The SMILES string of the molecule is CC(C)(C)OC(=O)N1CCC(c2ccnc3[nH]c([C@H]4CCCOC4)nc23)CC1. The van der Waals surface area contributed by atoms with Gasteiger partial charge in [-0.3, -0.25) is 0 Å². The van der Waals surface area contributed by atoms with Gasteiger partial charge in [-0.05, 0) is 64.0 Å². The van der Waals surface area contributed by atoms with Gasteiger partial charge in [-0.25, -0.2) is 14.8 Å². The first-order valence-corrected chi connectivity index (χ1v) is 10.3. The molecule has 2 aliphatic rings. The van der Waals surface area contributed by atoms with Crippen molar-refractivity contribution in [2.45, 2.75) is 63.9 Å². The average Bonchev–Trinajstić information content (AvgIpc) is 3.12. The lowest BCUT2D eigenvalue weighted by atomic mass is 9.89. The summed E-state index contributed by atoms with van der Waals surface area (Å²) in [5, 5.41) is 0. The quantitative estimate of drug-likeness (QED) is 0.845. The van der Waals surface area contributed by atoms with Crippen LogP contribution in [0.25, 0.3) is 11.2 Å². The lowest BCUT2D eigenvalue weighted by Gasteiger charge is -2.33. The molecule has 7 nitrogen and oxygen atoms in total. The lowest BCUT2D eigenvalue weighted by molar-refractivity contribution is 0.0205. The van der Waals surface area contributed by atoms with Crippen molar-refractivity contribution in [2.24, 2.45) is 0 Å². The molecule has 152 valence electrons. The highest BCUT2D eigenvalue weighted by molar-refractivity contribution is 5.75. The number of imidazole rings is 1. The van der Waals surface area contributed by atoms with E-state index in [9.17, 15) is 4.79 Å². The van der Waals surface area contributed by atoms with Crippen LogP contribution < -0.4 is 0 Å². The van der Waals surface area contributed by atoms with Gasteiger partial charge in [0.2, 0.25) is 0 Å². The molecule has 4 heterocycles. The highest BCUT2D eigenvalue weighted by Gasteiger charge is 2.29. The highest BCUT2D eigenvalue weighted by atomic mass is 16.6. The zero-order valence-electron chi connectivity index (χ0n) is 17.0. The molecule has 2 aromatic rings. The van der Waals surface area contributed by atoms with Gasteiger partial charge < -0.3 is 19.4 Å². The Labute approximate surface area is 165 Å². The molecule has 0 bridgehead atoms. The smallest absolute Gasteiger partial charge is 0.410 e. The Morgan fingerprint density at radius 3 is 2.71 bits per heavy atom. The number of ether oxygens (including phenoxy) is 2. The molecule has 0 unspecified atom stereocenters. The first kappa shape index (κ1) is 19.2. The molecule has 2 aliphatic heterocycles. The van der Waals surface area contributed by atoms with Gasteiger partial charge in [-0.1, -0.05) is 0 Å². The molecule has 7 heteroatoms. The minimum absolute atomic E-state index is 0.217. The van der Waals surface area contributed by atoms with Crippen molar-refractivity contribution in [1.82, 2.24) is 19.9 Å². The summed E-state index contributed by atoms with van der Waals surface area (Å²) in [6.07, 6.45) is 5.64. The molecule has 2 saturated heterocycles. The van der Waals surface area contributed by atoms with Gasteiger partial charge in [-0.2, -0.15) is 0 Å². The average molecular weight is 386 g/mol. The van der Waals surface area contributed by atoms with Crippen molar-refractivity contribution < 1.29 is 14.3 Å². The fourth-order valence-electron chi connectivity index (χ4n) is 4.13. The summed E-state index contributed by atoms with van der Waals surface area (Å²) in [5.74, 6) is 1.69. The summed E-state index contributed by atoms with van der Waals surface area (Å²) >= 11 is 0. The highest BCUT2D eigenvalue weighted by Crippen LogP contribution is 2.33. The molecular weight excluding hydrogens is 356 g/mol. The largest absolute Gasteiger partial charge is 0.444 e. The summed E-state index contributed by atoms with van der Waals surface area (Å²) in [6.45, 7) is 8.68. The second kappa shape index (κ2) is 7.70. The fourth-order valence-corrected chi connectivity index (χ4v) is 4.13. The summed E-state index contributed by atoms with van der Waals surface area (Å²) in [6, 6.07) is 2.08. The van der Waals surface area contributed by atoms with E-state index in [0.29, 0.717) is 24.9 Å². The number of piperidine rings is 1. The normalized spacial score (nSPS) is 21.8. The van der Waals surface area contributed by atoms with E-state index in [0.717, 1.165) is 55.9 Å². The number of nitrogens with zero attached hydrogens (tertiary/aromatic N) is 3. The molecule has 0 aromatic carbocycles. The Morgan fingerprint density at radius 2 is 2.04 bits per heavy atom. The minimum atomic E-state index is -0.459. The number of carbonyl (C=O) groups is 1. The molecule has 2 fully saturated rings. The Hall–Kier alpha value is -2.15. The molecule has 1 amide bonds. The van der Waals surface area contributed by atoms with Crippen molar-refractivity contribution >= 4 is 17.3 Å². The molecule has 0 aliphatic carbocycles. The van der Waals surface area contributed by atoms with Crippen molar-refractivity contribution in [2.75, 3.05) is 26.3 Å². The van der Waals surface area contributed by atoms with Crippen LogP contribution in [0.1, 0.15) is 69.7 Å². The number of aromatic nitrogens is 3. The second-order valence-corrected chi connectivity index (χ2v) is 8.88. The van der Waals surface area contributed by atoms with Crippen LogP contribution in [-0.4, -0.2) is 57.8 Å². The van der Waals surface area contributed by atoms with Crippen LogP contribution in [0.4, 0.5) is 4.79 Å². The van der Waals surface area contributed by atoms with Crippen LogP contribution in [0.15, 0.2) is 12.3 Å². The third-order valence-corrected chi connectivity index (χ3v) is 5.57. The van der Waals surface area contributed by atoms with Gasteiger partial charge in [0.1, 0.15) is 16.9 Å². The Balaban J connectivity index is 1.47. The number of hydrogen-bond donors (Lipinski definition) is 1. The van der Waals surface area contributed by atoms with Gasteiger partial charge in [-0.15, -0.1) is 0 Å². The molecule has 1 N–H and O–H groups in total. The van der Waals surface area contributed by atoms with E-state index < -0.39 is 5.60 Å². The van der Waals surface area contributed by atoms with E-state index >= 15 is 0 Å². The van der Waals surface area contributed by atoms with Crippen LogP contribution in [-0.2, 0) is 9.47 Å². The number of H-pyrrole nitrogens is 1. The van der Waals surface area contributed by atoms with E-state index in [1.165, 1.54) is 5.56 Å². The number of hydrogen-bond acceptors (Lipinski definition) is 5. The van der Waals surface area contributed by atoms with Crippen molar-refractivity contribution in [3.05, 3.63) is 23.7 Å². The molecule has 0 spiro atoms. The maximum Gasteiger partial charge on any atom is 0.410 e. The molecule has 0 saturated carbocycles. The maximum absolute atomic E-state index is 12.3. The standard InChI is InChI=1S/C21H30N4O3/c1-21(2,3)28-20(26)25-10-7-14(8-11-25)16-6-9-22-19-17(16)23-18(24-19)15-5-4-12-27-13-15/h6,9,14-15H,4-5,7-8,10-13H2,1-3H3,(H,22,23,24)/t15-/m0/s1. The van der Waals surface area contributed by atoms with Gasteiger partial charge >= 0.3 is 6.09 Å². The molecular formula is C21H30N4O3. The van der Waals surface area contributed by atoms with Crippen LogP contribution in [0.3, 0.4) is 0 Å². The van der Waals surface area contributed by atoms with Crippen LogP contribution in [0.5, 0.6) is 0 Å². The third kappa shape index (κ3) is 4.14. The first-order chi connectivity index (χ1) is 13.4. The number of aromatic amines is 1.